The van der Waals surface area contributed by atoms with Crippen LogP contribution in [-0.4, -0.2) is 106 Å². The van der Waals surface area contributed by atoms with Crippen LogP contribution in [0, 0.1) is 0 Å². The Kier molecular flexibility index (Phi) is 13.8. The summed E-state index contributed by atoms with van der Waals surface area (Å²) in [7, 11) is -17.5. The van der Waals surface area contributed by atoms with Crippen LogP contribution in [-0.2, 0) is 60.8 Å². The summed E-state index contributed by atoms with van der Waals surface area (Å²) in [6.07, 6.45) is 7.32. The van der Waals surface area contributed by atoms with Gasteiger partial charge < -0.3 is 14.7 Å². The van der Waals surface area contributed by atoms with Gasteiger partial charge >= 0.3 is 5.97 Å². The Bertz CT molecular complexity index is 3110. The van der Waals surface area contributed by atoms with Crippen molar-refractivity contribution in [3.8, 4) is 0 Å². The molecule has 0 aromatic heterocycles. The Balaban J connectivity index is 1.60. The van der Waals surface area contributed by atoms with Crippen LogP contribution in [0.25, 0.3) is 21.5 Å². The van der Waals surface area contributed by atoms with Gasteiger partial charge in [0.2, 0.25) is 5.69 Å². The SMILES string of the molecule is CCN1/C(=C/C=C/C2=[N+](CCCCCC(=O)O)c3ccc4c(S(=O)(=O)O)cc(S(=O)(=O)O)cc4c3C2(C)CCOC)C(C)(CCCS(=O)(=O)O)c2c1ccc1ccc(S(=O)(=O)O)cc21. The molecule has 4 aromatic rings. The molecule has 2 aliphatic rings. The number of hydrogen-bond donors (Lipinski definition) is 5. The average Bonchev–Trinajstić information content (AvgIpc) is 3.58. The topological polar surface area (TPSA) is 270 Å². The first-order valence-corrected chi connectivity index (χ1v) is 26.3. The second-order valence-corrected chi connectivity index (χ2v) is 22.2. The molecule has 2 unspecified atom stereocenters. The fourth-order valence-corrected chi connectivity index (χ4v) is 11.8. The molecule has 0 radical (unpaired) electrons. The molecule has 0 spiro atoms. The summed E-state index contributed by atoms with van der Waals surface area (Å²) in [6.45, 7) is 6.59. The number of rotatable bonds is 19. The van der Waals surface area contributed by atoms with Gasteiger partial charge in [0.1, 0.15) is 11.4 Å². The van der Waals surface area contributed by atoms with E-state index < -0.39 is 72.8 Å². The minimum absolute atomic E-state index is 0.00148. The number of anilines is 1. The zero-order valence-electron chi connectivity index (χ0n) is 35.6. The number of likely N-dealkylation sites (N-methyl/N-ethyl adjacent to an activating group) is 1. The molecular formula is C43H51N2O15S4+. The van der Waals surface area contributed by atoms with E-state index in [2.05, 4.69) is 0 Å². The maximum atomic E-state index is 12.7. The van der Waals surface area contributed by atoms with E-state index >= 15 is 0 Å². The second kappa shape index (κ2) is 18.0. The van der Waals surface area contributed by atoms with Gasteiger partial charge in [-0.3, -0.25) is 23.0 Å². The Morgan fingerprint density at radius 1 is 0.750 bits per heavy atom. The van der Waals surface area contributed by atoms with Gasteiger partial charge in [-0.05, 0) is 117 Å². The highest BCUT2D eigenvalue weighted by Gasteiger charge is 2.49. The van der Waals surface area contributed by atoms with Gasteiger partial charge in [-0.15, -0.1) is 0 Å². The van der Waals surface area contributed by atoms with Crippen molar-refractivity contribution in [2.24, 2.45) is 0 Å². The smallest absolute Gasteiger partial charge is 0.303 e. The van der Waals surface area contributed by atoms with Crippen molar-refractivity contribution in [2.75, 3.05) is 37.5 Å². The van der Waals surface area contributed by atoms with Crippen LogP contribution in [0.5, 0.6) is 0 Å². The number of benzene rings is 4. The molecule has 2 heterocycles. The number of ether oxygens (including phenoxy) is 1. The highest BCUT2D eigenvalue weighted by molar-refractivity contribution is 7.87. The first kappa shape index (κ1) is 48.9. The highest BCUT2D eigenvalue weighted by Crippen LogP contribution is 2.54. The van der Waals surface area contributed by atoms with Gasteiger partial charge in [-0.25, -0.2) is 0 Å². The van der Waals surface area contributed by atoms with Crippen LogP contribution in [0.2, 0.25) is 0 Å². The molecule has 2 aliphatic heterocycles. The summed E-state index contributed by atoms with van der Waals surface area (Å²) >= 11 is 0. The lowest BCUT2D eigenvalue weighted by Crippen LogP contribution is -2.33. The van der Waals surface area contributed by atoms with Crippen molar-refractivity contribution in [1.82, 2.24) is 0 Å². The Morgan fingerprint density at radius 3 is 2.03 bits per heavy atom. The van der Waals surface area contributed by atoms with E-state index in [4.69, 9.17) is 4.74 Å². The number of carboxylic acid groups (broad SMARTS) is 1. The van der Waals surface area contributed by atoms with Crippen molar-refractivity contribution in [2.45, 2.75) is 91.2 Å². The van der Waals surface area contributed by atoms with Crippen LogP contribution >= 0.6 is 0 Å². The van der Waals surface area contributed by atoms with Gasteiger partial charge in [0.25, 0.3) is 40.5 Å². The molecule has 17 nitrogen and oxygen atoms in total. The van der Waals surface area contributed by atoms with Crippen molar-refractivity contribution in [3.05, 3.63) is 89.6 Å². The van der Waals surface area contributed by atoms with Gasteiger partial charge in [0.15, 0.2) is 5.71 Å². The van der Waals surface area contributed by atoms with Crippen LogP contribution in [0.15, 0.2) is 93.2 Å². The quantitative estimate of drug-likeness (QED) is 0.0373. The van der Waals surface area contributed by atoms with Crippen LogP contribution < -0.4 is 4.90 Å². The lowest BCUT2D eigenvalue weighted by Gasteiger charge is -2.30. The summed E-state index contributed by atoms with van der Waals surface area (Å²) < 4.78 is 147. The average molecular weight is 964 g/mol. The number of allylic oxidation sites excluding steroid dienone is 4. The molecule has 346 valence electrons. The Morgan fingerprint density at radius 2 is 1.42 bits per heavy atom. The van der Waals surface area contributed by atoms with Crippen LogP contribution in [0.3, 0.4) is 0 Å². The van der Waals surface area contributed by atoms with E-state index in [1.807, 2.05) is 54.5 Å². The van der Waals surface area contributed by atoms with E-state index in [0.29, 0.717) is 83.1 Å². The molecule has 2 atom stereocenters. The van der Waals surface area contributed by atoms with Gasteiger partial charge in [0, 0.05) is 73.0 Å². The standard InChI is InChI=1S/C43H50N2O15S4/c1-5-44-34-18-15-28-14-16-29(62(51,52)53)25-32(28)40(34)42(2,20-10-24-61(48,49)50)37(44)11-9-12-38-43(3,21-23-60-4)41-33-26-30(63(54,55)56)27-36(64(57,58)59)31(33)17-19-35(41)45(38)22-8-6-7-13-39(46)47/h9,11-12,14-19,25-27H,5-8,10,13,20-24H2,1-4H3,(H4-,46,47,48,49,50,51,52,53,54,55,56,57,58,59)/p+1. The van der Waals surface area contributed by atoms with Gasteiger partial charge in [0.05, 0.1) is 21.0 Å². The number of hydrogen-bond acceptors (Lipinski definition) is 11. The minimum atomic E-state index is -5.03. The Labute approximate surface area is 372 Å². The summed E-state index contributed by atoms with van der Waals surface area (Å²) in [5.74, 6) is -1.49. The monoisotopic (exact) mass is 963 g/mol. The van der Waals surface area contributed by atoms with Gasteiger partial charge in [-0.1, -0.05) is 18.2 Å². The zero-order chi connectivity index (χ0) is 47.2. The molecule has 5 N–H and O–H groups in total. The summed E-state index contributed by atoms with van der Waals surface area (Å²) in [5.41, 5.74) is 1.70. The lowest BCUT2D eigenvalue weighted by molar-refractivity contribution is -0.438. The number of aliphatic carboxylic acids is 1. The highest BCUT2D eigenvalue weighted by atomic mass is 32.2. The van der Waals surface area contributed by atoms with E-state index in [9.17, 15) is 61.8 Å². The summed E-state index contributed by atoms with van der Waals surface area (Å²) in [6, 6.07) is 12.9. The van der Waals surface area contributed by atoms with Crippen molar-refractivity contribution >= 4 is 85.1 Å². The molecule has 4 aromatic carbocycles. The number of unbranched alkanes of at least 4 members (excludes halogenated alkanes) is 2. The van der Waals surface area contributed by atoms with Crippen molar-refractivity contribution in [3.63, 3.8) is 0 Å². The number of fused-ring (bicyclic) bond motifs is 6. The lowest BCUT2D eigenvalue weighted by atomic mass is 9.74. The second-order valence-electron chi connectivity index (χ2n) is 16.4. The molecule has 0 amide bonds. The molecule has 0 aliphatic carbocycles. The summed E-state index contributed by atoms with van der Waals surface area (Å²) in [4.78, 5) is 11.5. The predicted molar refractivity (Wildman–Crippen MR) is 240 cm³/mol. The first-order valence-electron chi connectivity index (χ1n) is 20.3. The third kappa shape index (κ3) is 9.68. The molecule has 21 heteroatoms. The maximum Gasteiger partial charge on any atom is 0.303 e. The largest absolute Gasteiger partial charge is 0.481 e. The molecule has 6 rings (SSSR count). The fourth-order valence-electron chi connectivity index (χ4n) is 9.40. The maximum absolute atomic E-state index is 12.7. The Hall–Kier alpha value is -4.58. The molecule has 0 saturated carbocycles. The van der Waals surface area contributed by atoms with E-state index in [-0.39, 0.29) is 48.0 Å². The fraction of sp³-hybridized carbons (Fsp3) is 0.395. The van der Waals surface area contributed by atoms with E-state index in [0.717, 1.165) is 6.07 Å². The van der Waals surface area contributed by atoms with Crippen LogP contribution in [0.4, 0.5) is 11.4 Å². The zero-order valence-corrected chi connectivity index (χ0v) is 38.8. The number of methoxy groups -OCH3 is 1. The first-order chi connectivity index (χ1) is 29.8. The number of carboxylic acids is 1. The summed E-state index contributed by atoms with van der Waals surface area (Å²) in [5, 5.41) is 10.6. The van der Waals surface area contributed by atoms with E-state index in [1.165, 1.54) is 25.3 Å². The van der Waals surface area contributed by atoms with E-state index in [1.54, 1.807) is 18.2 Å². The molecule has 0 saturated heterocycles. The van der Waals surface area contributed by atoms with Crippen molar-refractivity contribution < 1.29 is 71.1 Å². The molecule has 0 fully saturated rings. The van der Waals surface area contributed by atoms with Gasteiger partial charge in [-0.2, -0.15) is 38.2 Å². The molecule has 0 bridgehead atoms. The minimum Gasteiger partial charge on any atom is -0.481 e. The molecule has 64 heavy (non-hydrogen) atoms. The molecular weight excluding hydrogens is 913 g/mol. The van der Waals surface area contributed by atoms with Crippen LogP contribution in [0.1, 0.15) is 76.8 Å². The number of carbonyl (C=O) groups is 1. The number of nitrogens with zero attached hydrogens (tertiary/aromatic N) is 2. The predicted octanol–water partition coefficient (Wildman–Crippen LogP) is 6.68. The third-order valence-electron chi connectivity index (χ3n) is 12.3. The van der Waals surface area contributed by atoms with Crippen molar-refractivity contribution in [1.29, 1.82) is 0 Å². The third-order valence-corrected chi connectivity index (χ3v) is 15.7. The normalized spacial score (nSPS) is 20.0.